The molecule has 0 radical (unpaired) electrons. The van der Waals surface area contributed by atoms with Crippen LogP contribution in [-0.4, -0.2) is 0 Å². The van der Waals surface area contributed by atoms with Crippen LogP contribution in [0.15, 0.2) is 0 Å². The lowest BCUT2D eigenvalue weighted by atomic mass is 11.3. The third-order valence-electron chi connectivity index (χ3n) is 0.254. The Labute approximate surface area is 47.9 Å². The molecule has 0 aromatic carbocycles. The molecule has 0 bridgehead atoms. The average molecular weight is 129 g/mol. The molecule has 0 heterocycles. The molecule has 4 heteroatoms. The van der Waals surface area contributed by atoms with E-state index in [-0.39, 0.29) is 0 Å². The van der Waals surface area contributed by atoms with E-state index in [2.05, 4.69) is 21.9 Å². The zero-order chi connectivity index (χ0) is 6.41. The third kappa shape index (κ3) is 3.03. The first kappa shape index (κ1) is 6.82. The van der Waals surface area contributed by atoms with Crippen LogP contribution in [0.5, 0.6) is 0 Å². The molecular weight excluding hydrogens is 127 g/mol. The summed E-state index contributed by atoms with van der Waals surface area (Å²) in [7, 11) is -2.30. The molecule has 40 valence electrons. The predicted octanol–water partition coefficient (Wildman–Crippen LogP) is 0.858. The Kier molecular flexibility index (Phi) is 3.40. The van der Waals surface area contributed by atoms with Gasteiger partial charge in [0.2, 0.25) is 0 Å². The summed E-state index contributed by atoms with van der Waals surface area (Å²) in [6.45, 7) is 0. The van der Waals surface area contributed by atoms with Crippen LogP contribution in [-0.2, 0) is 13.6 Å². The fourth-order valence-electron chi connectivity index (χ4n) is 0.105. The summed E-state index contributed by atoms with van der Waals surface area (Å²) in [6, 6.07) is 0. The maximum Gasteiger partial charge on any atom is 0.823 e. The maximum atomic E-state index is 10.1. The van der Waals surface area contributed by atoms with Crippen molar-refractivity contribution in [2.45, 2.75) is 0 Å². The van der Waals surface area contributed by atoms with Gasteiger partial charge in [0.25, 0.3) is 0 Å². The molecule has 0 saturated heterocycles. The summed E-state index contributed by atoms with van der Waals surface area (Å²) in [5, 5.41) is 0. The summed E-state index contributed by atoms with van der Waals surface area (Å²) in [6.07, 6.45) is 12.4. The molecule has 0 aliphatic carbocycles. The molecule has 0 saturated carbocycles. The second-order valence-electron chi connectivity index (χ2n) is 0.642. The number of terminal acetylenes is 2. The summed E-state index contributed by atoms with van der Waals surface area (Å²) in [5.41, 5.74) is 0. The molecule has 0 aliphatic heterocycles. The summed E-state index contributed by atoms with van der Waals surface area (Å²) < 4.78 is 18.0. The Morgan fingerprint density at radius 2 is 1.62 bits per heavy atom. The smallest absolute Gasteiger partial charge is 0.165 e. The Hall–Kier alpha value is -1.18. The lowest BCUT2D eigenvalue weighted by molar-refractivity contribution is 0.384. The van der Waals surface area contributed by atoms with E-state index < -0.39 is 8.25 Å². The molecule has 0 aliphatic rings. The van der Waals surface area contributed by atoms with Crippen molar-refractivity contribution in [2.75, 3.05) is 0 Å². The molecule has 0 N–H and O–H groups in total. The first-order valence-corrected chi connectivity index (χ1v) is 2.63. The zero-order valence-electron chi connectivity index (χ0n) is 3.83. The first-order chi connectivity index (χ1) is 3.81. The van der Waals surface area contributed by atoms with Gasteiger partial charge in [-0.3, -0.25) is 0 Å². The van der Waals surface area contributed by atoms with Gasteiger partial charge in [0.05, 0.1) is 0 Å². The summed E-state index contributed by atoms with van der Waals surface area (Å²) in [4.78, 5) is 0. The standard InChI is InChI=1S/C4H2O3P/c1-3-6-8(5)7-4-2/h1-2H/q+1. The molecule has 0 aromatic heterocycles. The largest absolute Gasteiger partial charge is 0.823 e. The number of hydrogen-bond donors (Lipinski definition) is 0. The monoisotopic (exact) mass is 129 g/mol. The molecule has 0 amide bonds. The molecule has 3 nitrogen and oxygen atoms in total. The second-order valence-corrected chi connectivity index (χ2v) is 1.45. The Morgan fingerprint density at radius 1 is 1.25 bits per heavy atom. The van der Waals surface area contributed by atoms with Crippen LogP contribution in [0.2, 0.25) is 0 Å². The van der Waals surface area contributed by atoms with Gasteiger partial charge in [-0.15, -0.1) is 0 Å². The Balaban J connectivity index is 3.41. The normalized spacial score (nSPS) is 5.75. The summed E-state index contributed by atoms with van der Waals surface area (Å²) in [5.74, 6) is 0. The van der Waals surface area contributed by atoms with E-state index in [9.17, 15) is 4.57 Å². The molecule has 0 atom stereocenters. The van der Waals surface area contributed by atoms with Crippen LogP contribution in [0, 0.1) is 25.1 Å². The Morgan fingerprint density at radius 3 is 1.88 bits per heavy atom. The maximum absolute atomic E-state index is 10.1. The van der Waals surface area contributed by atoms with Crippen molar-refractivity contribution in [1.29, 1.82) is 0 Å². The topological polar surface area (TPSA) is 35.5 Å². The third-order valence-corrected chi connectivity index (χ3v) is 0.763. The minimum atomic E-state index is -2.30. The molecule has 0 aromatic rings. The van der Waals surface area contributed by atoms with Crippen LogP contribution >= 0.6 is 8.25 Å². The quantitative estimate of drug-likeness (QED) is 0.409. The molecular formula is C4H2O3P+. The van der Waals surface area contributed by atoms with E-state index in [1.807, 2.05) is 0 Å². The lowest BCUT2D eigenvalue weighted by Gasteiger charge is -1.68. The number of rotatable bonds is 2. The van der Waals surface area contributed by atoms with Crippen molar-refractivity contribution in [3.05, 3.63) is 0 Å². The van der Waals surface area contributed by atoms with Crippen molar-refractivity contribution in [2.24, 2.45) is 0 Å². The van der Waals surface area contributed by atoms with Crippen molar-refractivity contribution >= 4 is 8.25 Å². The van der Waals surface area contributed by atoms with E-state index in [4.69, 9.17) is 0 Å². The van der Waals surface area contributed by atoms with E-state index >= 15 is 0 Å². The Bertz CT molecular complexity index is 143. The van der Waals surface area contributed by atoms with Crippen LogP contribution in [0.3, 0.4) is 0 Å². The minimum Gasteiger partial charge on any atom is -0.165 e. The second kappa shape index (κ2) is 3.99. The minimum absolute atomic E-state index is 1.65. The highest BCUT2D eigenvalue weighted by atomic mass is 31.1. The van der Waals surface area contributed by atoms with Gasteiger partial charge >= 0.3 is 8.25 Å². The predicted molar refractivity (Wildman–Crippen MR) is 27.4 cm³/mol. The van der Waals surface area contributed by atoms with Gasteiger partial charge in [0.1, 0.15) is 0 Å². The fourth-order valence-corrected chi connectivity index (χ4v) is 0.314. The fraction of sp³-hybridized carbons (Fsp3) is 0. The molecule has 8 heavy (non-hydrogen) atoms. The van der Waals surface area contributed by atoms with Gasteiger partial charge in [0, 0.05) is 4.57 Å². The van der Waals surface area contributed by atoms with Crippen LogP contribution < -0.4 is 0 Å². The van der Waals surface area contributed by atoms with E-state index in [0.717, 1.165) is 0 Å². The SMILES string of the molecule is C#CO[P+](=O)OC#C. The lowest BCUT2D eigenvalue weighted by Crippen LogP contribution is -1.66. The van der Waals surface area contributed by atoms with Gasteiger partial charge in [-0.25, -0.2) is 0 Å². The van der Waals surface area contributed by atoms with Crippen molar-refractivity contribution in [3.8, 4) is 25.1 Å². The summed E-state index contributed by atoms with van der Waals surface area (Å²) >= 11 is 0. The molecule has 0 fully saturated rings. The van der Waals surface area contributed by atoms with Gasteiger partial charge in [0.15, 0.2) is 12.2 Å². The van der Waals surface area contributed by atoms with Gasteiger partial charge in [-0.1, -0.05) is 12.8 Å². The number of hydrogen-bond acceptors (Lipinski definition) is 3. The first-order valence-electron chi connectivity index (χ1n) is 1.53. The van der Waals surface area contributed by atoms with Crippen LogP contribution in [0.25, 0.3) is 0 Å². The van der Waals surface area contributed by atoms with E-state index in [1.165, 1.54) is 0 Å². The average Bonchev–Trinajstić information content (AvgIpc) is 1.68. The highest BCUT2D eigenvalue weighted by Crippen LogP contribution is 2.20. The van der Waals surface area contributed by atoms with Gasteiger partial charge in [-0.2, -0.15) is 9.05 Å². The zero-order valence-corrected chi connectivity index (χ0v) is 4.72. The molecule has 0 rings (SSSR count). The van der Waals surface area contributed by atoms with Gasteiger partial charge < -0.3 is 0 Å². The molecule has 0 unspecified atom stereocenters. The van der Waals surface area contributed by atoms with Crippen LogP contribution in [0.1, 0.15) is 0 Å². The van der Waals surface area contributed by atoms with Crippen molar-refractivity contribution < 1.29 is 13.6 Å². The van der Waals surface area contributed by atoms with E-state index in [0.29, 0.717) is 0 Å². The van der Waals surface area contributed by atoms with E-state index in [1.54, 1.807) is 12.2 Å². The van der Waals surface area contributed by atoms with Crippen LogP contribution in [0.4, 0.5) is 0 Å². The van der Waals surface area contributed by atoms with Crippen molar-refractivity contribution in [1.82, 2.24) is 0 Å². The molecule has 0 spiro atoms. The highest BCUT2D eigenvalue weighted by molar-refractivity contribution is 7.33. The van der Waals surface area contributed by atoms with Crippen molar-refractivity contribution in [3.63, 3.8) is 0 Å². The highest BCUT2D eigenvalue weighted by Gasteiger charge is 2.17. The van der Waals surface area contributed by atoms with Gasteiger partial charge in [-0.05, 0) is 0 Å².